The standard InChI is InChI=1S/C16H18BrN3O/c1-5-7-19(8-6-2)16(21)14-12(4)18-15-11(3)9-13(17)10-20(14)15/h5-6,9-10H,1-2,7-8H2,3-4H3. The summed E-state index contributed by atoms with van der Waals surface area (Å²) in [6, 6.07) is 1.99. The van der Waals surface area contributed by atoms with Gasteiger partial charge in [0.05, 0.1) is 5.69 Å². The Morgan fingerprint density at radius 1 is 1.38 bits per heavy atom. The lowest BCUT2D eigenvalue weighted by atomic mass is 10.2. The molecule has 0 spiro atoms. The van der Waals surface area contributed by atoms with Gasteiger partial charge in [-0.15, -0.1) is 13.2 Å². The van der Waals surface area contributed by atoms with Gasteiger partial charge in [0, 0.05) is 23.8 Å². The minimum atomic E-state index is -0.0719. The number of halogens is 1. The van der Waals surface area contributed by atoms with Gasteiger partial charge in [0.25, 0.3) is 5.91 Å². The highest BCUT2D eigenvalue weighted by molar-refractivity contribution is 9.10. The van der Waals surface area contributed by atoms with Gasteiger partial charge in [-0.3, -0.25) is 9.20 Å². The Hall–Kier alpha value is -1.88. The molecule has 0 unspecified atom stereocenters. The van der Waals surface area contributed by atoms with E-state index in [1.807, 2.05) is 30.5 Å². The van der Waals surface area contributed by atoms with Crippen LogP contribution in [0.4, 0.5) is 0 Å². The molecular formula is C16H18BrN3O. The van der Waals surface area contributed by atoms with Crippen molar-refractivity contribution in [1.82, 2.24) is 14.3 Å². The summed E-state index contributed by atoms with van der Waals surface area (Å²) in [5.74, 6) is -0.0719. The monoisotopic (exact) mass is 347 g/mol. The predicted molar refractivity (Wildman–Crippen MR) is 88.7 cm³/mol. The van der Waals surface area contributed by atoms with Gasteiger partial charge in [0.1, 0.15) is 11.3 Å². The molecule has 21 heavy (non-hydrogen) atoms. The number of carbonyl (C=O) groups excluding carboxylic acids is 1. The molecule has 110 valence electrons. The third kappa shape index (κ3) is 2.93. The van der Waals surface area contributed by atoms with Crippen LogP contribution in [0.5, 0.6) is 0 Å². The Balaban J connectivity index is 2.59. The second-order valence-corrected chi connectivity index (χ2v) is 5.78. The van der Waals surface area contributed by atoms with Crippen LogP contribution in [0, 0.1) is 13.8 Å². The molecule has 0 radical (unpaired) electrons. The molecular weight excluding hydrogens is 330 g/mol. The second kappa shape index (κ2) is 6.26. The number of amides is 1. The number of hydrogen-bond acceptors (Lipinski definition) is 2. The van der Waals surface area contributed by atoms with Crippen LogP contribution in [0.3, 0.4) is 0 Å². The molecule has 2 aromatic rings. The fourth-order valence-electron chi connectivity index (χ4n) is 2.34. The summed E-state index contributed by atoms with van der Waals surface area (Å²) >= 11 is 3.47. The minimum Gasteiger partial charge on any atom is -0.330 e. The first kappa shape index (κ1) is 15.5. The third-order valence-electron chi connectivity index (χ3n) is 3.23. The summed E-state index contributed by atoms with van der Waals surface area (Å²) in [4.78, 5) is 19.0. The molecule has 0 aromatic carbocycles. The molecule has 2 rings (SSSR count). The number of aromatic nitrogens is 2. The van der Waals surface area contributed by atoms with Crippen LogP contribution in [0.15, 0.2) is 42.0 Å². The number of imidazole rings is 1. The van der Waals surface area contributed by atoms with E-state index in [0.29, 0.717) is 18.8 Å². The van der Waals surface area contributed by atoms with Crippen molar-refractivity contribution in [2.75, 3.05) is 13.1 Å². The zero-order chi connectivity index (χ0) is 15.6. The smallest absolute Gasteiger partial charge is 0.273 e. The van der Waals surface area contributed by atoms with Crippen LogP contribution in [0.2, 0.25) is 0 Å². The summed E-state index contributed by atoms with van der Waals surface area (Å²) in [6.45, 7) is 12.2. The molecule has 0 saturated carbocycles. The summed E-state index contributed by atoms with van der Waals surface area (Å²) < 4.78 is 2.76. The summed E-state index contributed by atoms with van der Waals surface area (Å²) in [5.41, 5.74) is 3.12. The normalized spacial score (nSPS) is 10.6. The van der Waals surface area contributed by atoms with Crippen LogP contribution < -0.4 is 0 Å². The zero-order valence-corrected chi connectivity index (χ0v) is 13.9. The lowest BCUT2D eigenvalue weighted by molar-refractivity contribution is 0.0783. The molecule has 0 fully saturated rings. The van der Waals surface area contributed by atoms with Crippen molar-refractivity contribution < 1.29 is 4.79 Å². The average Bonchev–Trinajstić information content (AvgIpc) is 2.74. The van der Waals surface area contributed by atoms with Gasteiger partial charge in [-0.2, -0.15) is 0 Å². The average molecular weight is 348 g/mol. The summed E-state index contributed by atoms with van der Waals surface area (Å²) in [5, 5.41) is 0. The van der Waals surface area contributed by atoms with Crippen LogP contribution in [0.25, 0.3) is 5.65 Å². The van der Waals surface area contributed by atoms with Crippen molar-refractivity contribution in [2.45, 2.75) is 13.8 Å². The molecule has 1 amide bonds. The number of fused-ring (bicyclic) bond motifs is 1. The SMILES string of the molecule is C=CCN(CC=C)C(=O)c1c(C)nc2c(C)cc(Br)cn12. The van der Waals surface area contributed by atoms with E-state index in [1.54, 1.807) is 17.1 Å². The zero-order valence-electron chi connectivity index (χ0n) is 12.3. The first-order valence-electron chi connectivity index (χ1n) is 6.65. The van der Waals surface area contributed by atoms with E-state index in [9.17, 15) is 4.79 Å². The van der Waals surface area contributed by atoms with E-state index >= 15 is 0 Å². The van der Waals surface area contributed by atoms with Crippen LogP contribution in [0.1, 0.15) is 21.7 Å². The fraction of sp³-hybridized carbons (Fsp3) is 0.250. The topological polar surface area (TPSA) is 37.6 Å². The maximum Gasteiger partial charge on any atom is 0.273 e. The number of pyridine rings is 1. The Bertz CT molecular complexity index is 708. The molecule has 0 N–H and O–H groups in total. The maximum atomic E-state index is 12.8. The highest BCUT2D eigenvalue weighted by Gasteiger charge is 2.22. The largest absolute Gasteiger partial charge is 0.330 e. The highest BCUT2D eigenvalue weighted by atomic mass is 79.9. The molecule has 0 bridgehead atoms. The van der Waals surface area contributed by atoms with E-state index in [-0.39, 0.29) is 5.91 Å². The van der Waals surface area contributed by atoms with Gasteiger partial charge in [-0.1, -0.05) is 12.2 Å². The van der Waals surface area contributed by atoms with Crippen LogP contribution in [-0.2, 0) is 0 Å². The minimum absolute atomic E-state index is 0.0719. The Morgan fingerprint density at radius 2 is 2.00 bits per heavy atom. The summed E-state index contributed by atoms with van der Waals surface area (Å²) in [6.07, 6.45) is 5.29. The number of carbonyl (C=O) groups is 1. The molecule has 2 aromatic heterocycles. The lowest BCUT2D eigenvalue weighted by Crippen LogP contribution is -2.32. The molecule has 0 aliphatic carbocycles. The van der Waals surface area contributed by atoms with Gasteiger partial charge in [0.15, 0.2) is 0 Å². The molecule has 0 aliphatic heterocycles. The van der Waals surface area contributed by atoms with Crippen molar-refractivity contribution in [3.8, 4) is 0 Å². The van der Waals surface area contributed by atoms with Crippen molar-refractivity contribution >= 4 is 27.5 Å². The quantitative estimate of drug-likeness (QED) is 0.776. The van der Waals surface area contributed by atoms with Crippen LogP contribution in [-0.4, -0.2) is 33.3 Å². The second-order valence-electron chi connectivity index (χ2n) is 4.87. The van der Waals surface area contributed by atoms with Crippen molar-refractivity contribution in [1.29, 1.82) is 0 Å². The predicted octanol–water partition coefficient (Wildman–Crippen LogP) is 3.53. The Kier molecular flexibility index (Phi) is 4.63. The van der Waals surface area contributed by atoms with Crippen LogP contribution >= 0.6 is 15.9 Å². The first-order valence-corrected chi connectivity index (χ1v) is 7.44. The first-order chi connectivity index (χ1) is 9.99. The lowest BCUT2D eigenvalue weighted by Gasteiger charge is -2.19. The van der Waals surface area contributed by atoms with Gasteiger partial charge >= 0.3 is 0 Å². The van der Waals surface area contributed by atoms with Crippen molar-refractivity contribution in [2.24, 2.45) is 0 Å². The molecule has 0 atom stereocenters. The van der Waals surface area contributed by atoms with Gasteiger partial charge < -0.3 is 4.90 Å². The van der Waals surface area contributed by atoms with E-state index in [0.717, 1.165) is 21.4 Å². The van der Waals surface area contributed by atoms with E-state index in [1.165, 1.54) is 0 Å². The summed E-state index contributed by atoms with van der Waals surface area (Å²) in [7, 11) is 0. The molecule has 2 heterocycles. The van der Waals surface area contributed by atoms with E-state index in [4.69, 9.17) is 0 Å². The Morgan fingerprint density at radius 3 is 2.57 bits per heavy atom. The van der Waals surface area contributed by atoms with Gasteiger partial charge in [0.2, 0.25) is 0 Å². The van der Waals surface area contributed by atoms with Crippen molar-refractivity contribution in [3.05, 3.63) is 59.0 Å². The fourth-order valence-corrected chi connectivity index (χ4v) is 2.89. The van der Waals surface area contributed by atoms with E-state index in [2.05, 4.69) is 34.1 Å². The molecule has 4 nitrogen and oxygen atoms in total. The number of nitrogens with zero attached hydrogens (tertiary/aromatic N) is 3. The maximum absolute atomic E-state index is 12.8. The highest BCUT2D eigenvalue weighted by Crippen LogP contribution is 2.21. The van der Waals surface area contributed by atoms with E-state index < -0.39 is 0 Å². The van der Waals surface area contributed by atoms with Crippen molar-refractivity contribution in [3.63, 3.8) is 0 Å². The molecule has 5 heteroatoms. The third-order valence-corrected chi connectivity index (χ3v) is 3.67. The van der Waals surface area contributed by atoms with Gasteiger partial charge in [-0.25, -0.2) is 4.98 Å². The number of aryl methyl sites for hydroxylation is 2. The Labute approximate surface area is 132 Å². The molecule has 0 saturated heterocycles. The number of hydrogen-bond donors (Lipinski definition) is 0. The molecule has 0 aliphatic rings. The number of rotatable bonds is 5. The van der Waals surface area contributed by atoms with Gasteiger partial charge in [-0.05, 0) is 41.4 Å².